The number of alkyl halides is 3. The van der Waals surface area contributed by atoms with Gasteiger partial charge in [-0.1, -0.05) is 65.8 Å². The molecule has 1 heterocycles. The Morgan fingerprint density at radius 1 is 1.07 bits per heavy atom. The summed E-state index contributed by atoms with van der Waals surface area (Å²) in [6, 6.07) is 16.1. The van der Waals surface area contributed by atoms with Gasteiger partial charge in [0, 0.05) is 5.56 Å². The lowest BCUT2D eigenvalue weighted by Crippen LogP contribution is -2.23. The van der Waals surface area contributed by atoms with Crippen LogP contribution >= 0.6 is 23.4 Å². The molecule has 0 radical (unpaired) electrons. The van der Waals surface area contributed by atoms with Gasteiger partial charge in [0.15, 0.2) is 5.16 Å². The SMILES string of the molecule is C[C@H](Sc1nc(-c2ccccc2)cc(C(F)(F)F)n1)C(=O)Nc1ccccc1Cl. The molecule has 1 aromatic heterocycles. The van der Waals surface area contributed by atoms with E-state index < -0.39 is 23.0 Å². The average Bonchev–Trinajstić information content (AvgIpc) is 2.69. The number of hydrogen-bond donors (Lipinski definition) is 1. The fraction of sp³-hybridized carbons (Fsp3) is 0.150. The number of rotatable bonds is 5. The molecule has 1 N–H and O–H groups in total. The number of amides is 1. The van der Waals surface area contributed by atoms with E-state index >= 15 is 0 Å². The van der Waals surface area contributed by atoms with Gasteiger partial charge in [-0.25, -0.2) is 9.97 Å². The van der Waals surface area contributed by atoms with Gasteiger partial charge in [-0.05, 0) is 25.1 Å². The standard InChI is InChI=1S/C20H15ClF3N3OS/c1-12(18(28)25-15-10-6-5-9-14(15)21)29-19-26-16(13-7-3-2-4-8-13)11-17(27-19)20(22,23)24/h2-12H,1H3,(H,25,28)/t12-/m0/s1. The molecule has 1 amide bonds. The maximum atomic E-state index is 13.3. The van der Waals surface area contributed by atoms with Crippen molar-refractivity contribution in [3.8, 4) is 11.3 Å². The van der Waals surface area contributed by atoms with Crippen LogP contribution in [-0.4, -0.2) is 21.1 Å². The minimum atomic E-state index is -4.63. The second-order valence-electron chi connectivity index (χ2n) is 6.01. The van der Waals surface area contributed by atoms with E-state index in [9.17, 15) is 18.0 Å². The normalized spacial score (nSPS) is 12.4. The van der Waals surface area contributed by atoms with Crippen molar-refractivity contribution >= 4 is 35.0 Å². The molecule has 0 bridgehead atoms. The van der Waals surface area contributed by atoms with Crippen LogP contribution in [0.4, 0.5) is 18.9 Å². The van der Waals surface area contributed by atoms with Crippen molar-refractivity contribution in [3.05, 3.63) is 71.4 Å². The summed E-state index contributed by atoms with van der Waals surface area (Å²) in [5.41, 5.74) is 0.0127. The number of hydrogen-bond acceptors (Lipinski definition) is 4. The molecule has 0 aliphatic carbocycles. The van der Waals surface area contributed by atoms with Crippen molar-refractivity contribution in [1.82, 2.24) is 9.97 Å². The summed E-state index contributed by atoms with van der Waals surface area (Å²) >= 11 is 6.86. The summed E-state index contributed by atoms with van der Waals surface area (Å²) in [5, 5.41) is 2.12. The molecule has 3 rings (SSSR count). The van der Waals surface area contributed by atoms with Crippen LogP contribution in [0.3, 0.4) is 0 Å². The zero-order chi connectivity index (χ0) is 21.0. The third kappa shape index (κ3) is 5.48. The van der Waals surface area contributed by atoms with Crippen LogP contribution in [0.5, 0.6) is 0 Å². The van der Waals surface area contributed by atoms with E-state index in [-0.39, 0.29) is 10.9 Å². The molecule has 0 aliphatic rings. The molecule has 4 nitrogen and oxygen atoms in total. The molecule has 150 valence electrons. The van der Waals surface area contributed by atoms with Crippen molar-refractivity contribution in [2.75, 3.05) is 5.32 Å². The van der Waals surface area contributed by atoms with Gasteiger partial charge in [0.25, 0.3) is 0 Å². The first-order chi connectivity index (χ1) is 13.7. The molecular weight excluding hydrogens is 423 g/mol. The Labute approximate surface area is 174 Å². The van der Waals surface area contributed by atoms with Gasteiger partial charge in [-0.2, -0.15) is 13.2 Å². The summed E-state index contributed by atoms with van der Waals surface area (Å²) in [4.78, 5) is 20.2. The lowest BCUT2D eigenvalue weighted by Gasteiger charge is -2.14. The largest absolute Gasteiger partial charge is 0.433 e. The van der Waals surface area contributed by atoms with E-state index in [0.29, 0.717) is 16.3 Å². The quantitative estimate of drug-likeness (QED) is 0.396. The van der Waals surface area contributed by atoms with Crippen LogP contribution in [0.1, 0.15) is 12.6 Å². The van der Waals surface area contributed by atoms with Gasteiger partial charge >= 0.3 is 6.18 Å². The minimum Gasteiger partial charge on any atom is -0.324 e. The van der Waals surface area contributed by atoms with Gasteiger partial charge in [0.2, 0.25) is 5.91 Å². The first kappa shape index (κ1) is 21.1. The Morgan fingerprint density at radius 3 is 2.38 bits per heavy atom. The van der Waals surface area contributed by atoms with Crippen molar-refractivity contribution < 1.29 is 18.0 Å². The van der Waals surface area contributed by atoms with Crippen molar-refractivity contribution in [1.29, 1.82) is 0 Å². The summed E-state index contributed by atoms with van der Waals surface area (Å²) in [6.07, 6.45) is -4.63. The fourth-order valence-corrected chi connectivity index (χ4v) is 3.36. The van der Waals surface area contributed by atoms with Gasteiger partial charge in [-0.15, -0.1) is 0 Å². The minimum absolute atomic E-state index is 0.133. The number of halogens is 4. The molecule has 2 aromatic carbocycles. The van der Waals surface area contributed by atoms with E-state index in [0.717, 1.165) is 17.8 Å². The smallest absolute Gasteiger partial charge is 0.324 e. The molecule has 1 atom stereocenters. The highest BCUT2D eigenvalue weighted by Gasteiger charge is 2.34. The number of para-hydroxylation sites is 1. The zero-order valence-electron chi connectivity index (χ0n) is 15.1. The van der Waals surface area contributed by atoms with Crippen LogP contribution in [0.2, 0.25) is 5.02 Å². The Bertz CT molecular complexity index is 1020. The number of carbonyl (C=O) groups is 1. The number of thioether (sulfide) groups is 1. The van der Waals surface area contributed by atoms with Crippen LogP contribution < -0.4 is 5.32 Å². The Morgan fingerprint density at radius 2 is 1.72 bits per heavy atom. The second kappa shape index (κ2) is 8.84. The Kier molecular flexibility index (Phi) is 6.44. The summed E-state index contributed by atoms with van der Waals surface area (Å²) < 4.78 is 39.9. The van der Waals surface area contributed by atoms with Gasteiger partial charge in [0.05, 0.1) is 21.7 Å². The van der Waals surface area contributed by atoms with Gasteiger partial charge in [0.1, 0.15) is 5.69 Å². The van der Waals surface area contributed by atoms with Crippen LogP contribution in [-0.2, 0) is 11.0 Å². The maximum Gasteiger partial charge on any atom is 0.433 e. The number of anilines is 1. The first-order valence-corrected chi connectivity index (χ1v) is 9.73. The van der Waals surface area contributed by atoms with Crippen LogP contribution in [0, 0.1) is 0 Å². The number of benzene rings is 2. The fourth-order valence-electron chi connectivity index (χ4n) is 2.39. The summed E-state index contributed by atoms with van der Waals surface area (Å²) in [6.45, 7) is 1.56. The third-order valence-corrected chi connectivity index (χ3v) is 5.14. The molecule has 29 heavy (non-hydrogen) atoms. The summed E-state index contributed by atoms with van der Waals surface area (Å²) in [7, 11) is 0. The number of aromatic nitrogens is 2. The lowest BCUT2D eigenvalue weighted by molar-refractivity contribution is -0.141. The molecule has 0 spiro atoms. The predicted molar refractivity (Wildman–Crippen MR) is 108 cm³/mol. The van der Waals surface area contributed by atoms with Crippen molar-refractivity contribution in [3.63, 3.8) is 0 Å². The number of carbonyl (C=O) groups excluding carboxylic acids is 1. The van der Waals surface area contributed by atoms with Crippen LogP contribution in [0.15, 0.2) is 65.8 Å². The highest BCUT2D eigenvalue weighted by atomic mass is 35.5. The number of nitrogens with zero attached hydrogens (tertiary/aromatic N) is 2. The molecule has 0 fully saturated rings. The van der Waals surface area contributed by atoms with E-state index in [1.165, 1.54) is 0 Å². The maximum absolute atomic E-state index is 13.3. The molecule has 0 saturated carbocycles. The molecule has 0 saturated heterocycles. The van der Waals surface area contributed by atoms with E-state index in [4.69, 9.17) is 11.6 Å². The monoisotopic (exact) mass is 437 g/mol. The zero-order valence-corrected chi connectivity index (χ0v) is 16.6. The Hall–Kier alpha value is -2.58. The Balaban J connectivity index is 1.85. The first-order valence-electron chi connectivity index (χ1n) is 8.48. The molecule has 3 aromatic rings. The molecule has 9 heteroatoms. The van der Waals surface area contributed by atoms with E-state index in [1.807, 2.05) is 0 Å². The average molecular weight is 438 g/mol. The van der Waals surface area contributed by atoms with E-state index in [1.54, 1.807) is 61.5 Å². The van der Waals surface area contributed by atoms with Crippen molar-refractivity contribution in [2.24, 2.45) is 0 Å². The van der Waals surface area contributed by atoms with Gasteiger partial charge < -0.3 is 5.32 Å². The highest BCUT2D eigenvalue weighted by Crippen LogP contribution is 2.33. The van der Waals surface area contributed by atoms with Crippen molar-refractivity contribution in [2.45, 2.75) is 23.5 Å². The predicted octanol–water partition coefficient (Wildman–Crippen LogP) is 5.94. The molecule has 0 aliphatic heterocycles. The number of nitrogens with one attached hydrogen (secondary N) is 1. The molecule has 0 unspecified atom stereocenters. The van der Waals surface area contributed by atoms with Gasteiger partial charge in [-0.3, -0.25) is 4.79 Å². The highest BCUT2D eigenvalue weighted by molar-refractivity contribution is 8.00. The van der Waals surface area contributed by atoms with Crippen LogP contribution in [0.25, 0.3) is 11.3 Å². The summed E-state index contributed by atoms with van der Waals surface area (Å²) in [5.74, 6) is -0.426. The molecular formula is C20H15ClF3N3OS. The topological polar surface area (TPSA) is 54.9 Å². The van der Waals surface area contributed by atoms with E-state index in [2.05, 4.69) is 15.3 Å². The second-order valence-corrected chi connectivity index (χ2v) is 7.73. The third-order valence-electron chi connectivity index (χ3n) is 3.85. The lowest BCUT2D eigenvalue weighted by atomic mass is 10.1.